The number of anilines is 1. The number of benzene rings is 1. The number of fused-ring (bicyclic) bond motifs is 1. The van der Waals surface area contributed by atoms with Crippen molar-refractivity contribution in [2.45, 2.75) is 44.4 Å². The second-order valence-electron chi connectivity index (χ2n) is 10.8. The van der Waals surface area contributed by atoms with Crippen LogP contribution in [0.25, 0.3) is 27.6 Å². The van der Waals surface area contributed by atoms with Crippen molar-refractivity contribution < 1.29 is 18.8 Å². The molecule has 200 valence electrons. The third kappa shape index (κ3) is 4.40. The van der Waals surface area contributed by atoms with Gasteiger partial charge >= 0.3 is 5.97 Å². The molecule has 39 heavy (non-hydrogen) atoms. The highest BCUT2D eigenvalue weighted by molar-refractivity contribution is 7.22. The van der Waals surface area contributed by atoms with Crippen molar-refractivity contribution in [3.05, 3.63) is 62.8 Å². The van der Waals surface area contributed by atoms with Gasteiger partial charge in [-0.1, -0.05) is 45.3 Å². The predicted octanol–water partition coefficient (Wildman–Crippen LogP) is 7.83. The molecule has 3 aliphatic rings. The monoisotopic (exact) mass is 584 g/mol. The van der Waals surface area contributed by atoms with Gasteiger partial charge in [0.15, 0.2) is 10.9 Å². The van der Waals surface area contributed by atoms with Gasteiger partial charge in [-0.25, -0.2) is 14.2 Å². The van der Waals surface area contributed by atoms with Gasteiger partial charge in [0.05, 0.1) is 20.3 Å². The van der Waals surface area contributed by atoms with Gasteiger partial charge in [0, 0.05) is 42.5 Å². The lowest BCUT2D eigenvalue weighted by Gasteiger charge is -2.49. The van der Waals surface area contributed by atoms with Crippen LogP contribution in [-0.2, 0) is 0 Å². The molecule has 2 aliphatic carbocycles. The van der Waals surface area contributed by atoms with Crippen molar-refractivity contribution in [3.8, 4) is 11.3 Å². The van der Waals surface area contributed by atoms with E-state index >= 15 is 0 Å². The molecule has 1 N–H and O–H groups in total. The first-order chi connectivity index (χ1) is 18.8. The largest absolute Gasteiger partial charge is 0.478 e. The number of hydrogen-bond acceptors (Lipinski definition) is 7. The number of pyridine rings is 1. The van der Waals surface area contributed by atoms with Crippen molar-refractivity contribution >= 4 is 61.9 Å². The lowest BCUT2D eigenvalue weighted by Crippen LogP contribution is -2.44. The summed E-state index contributed by atoms with van der Waals surface area (Å²) in [6.45, 7) is 1.66. The van der Waals surface area contributed by atoms with Crippen LogP contribution in [0, 0.1) is 11.2 Å². The van der Waals surface area contributed by atoms with Gasteiger partial charge < -0.3 is 14.5 Å². The summed E-state index contributed by atoms with van der Waals surface area (Å²) in [5, 5.41) is 15.3. The van der Waals surface area contributed by atoms with Crippen LogP contribution in [0.2, 0.25) is 10.0 Å². The molecule has 0 bridgehead atoms. The third-order valence-electron chi connectivity index (χ3n) is 8.13. The number of carboxylic acid groups (broad SMARTS) is 1. The summed E-state index contributed by atoms with van der Waals surface area (Å²) in [5.41, 5.74) is 4.08. The van der Waals surface area contributed by atoms with Crippen molar-refractivity contribution in [1.82, 2.24) is 15.1 Å². The average molecular weight is 585 g/mol. The van der Waals surface area contributed by atoms with E-state index in [1.807, 2.05) is 0 Å². The number of halogens is 3. The van der Waals surface area contributed by atoms with Crippen LogP contribution in [0.15, 0.2) is 34.6 Å². The van der Waals surface area contributed by atoms with Gasteiger partial charge in [-0.05, 0) is 62.1 Å². The molecule has 0 atom stereocenters. The summed E-state index contributed by atoms with van der Waals surface area (Å²) in [5.74, 6) is -0.442. The Kier molecular flexibility index (Phi) is 5.95. The van der Waals surface area contributed by atoms with Gasteiger partial charge in [0.2, 0.25) is 0 Å². The summed E-state index contributed by atoms with van der Waals surface area (Å²) in [6.07, 6.45) is 11.6. The first-order valence-corrected chi connectivity index (χ1v) is 14.4. The Labute approximate surface area is 237 Å². The molecule has 11 heteroatoms. The number of thiazole rings is 1. The molecule has 1 aromatic carbocycles. The van der Waals surface area contributed by atoms with E-state index in [0.717, 1.165) is 74.1 Å². The fraction of sp³-hybridized carbons (Fsp3) is 0.357. The lowest BCUT2D eigenvalue weighted by atomic mass is 9.60. The maximum Gasteiger partial charge on any atom is 0.335 e. The number of nitrogens with zero attached hydrogens (tertiary/aromatic N) is 4. The van der Waals surface area contributed by atoms with Gasteiger partial charge in [-0.2, -0.15) is 0 Å². The van der Waals surface area contributed by atoms with E-state index in [1.165, 1.54) is 23.0 Å². The van der Waals surface area contributed by atoms with Crippen molar-refractivity contribution in [1.29, 1.82) is 0 Å². The summed E-state index contributed by atoms with van der Waals surface area (Å²) in [6, 6.07) is 2.53. The highest BCUT2D eigenvalue weighted by Crippen LogP contribution is 2.55. The number of hydrogen-bond donors (Lipinski definition) is 1. The molecule has 7 rings (SSSR count). The Morgan fingerprint density at radius 1 is 1.18 bits per heavy atom. The summed E-state index contributed by atoms with van der Waals surface area (Å²) < 4.78 is 20.8. The topological polar surface area (TPSA) is 92.3 Å². The van der Waals surface area contributed by atoms with E-state index < -0.39 is 11.8 Å². The Morgan fingerprint density at radius 2 is 1.90 bits per heavy atom. The maximum absolute atomic E-state index is 14.5. The standard InChI is InChI=1S/C28H23Cl2FN4O3S/c29-18-12-32-13-19(30)22(18)23-17(25(38-34-23)15-1-2-15)7-14-10-28(11-14)3-5-35(6-4-28)27-33-24-20(31)8-16(26(36)37)9-21(24)39-27/h7-9,12-13,15H,1-6,10-11H2,(H,36,37). The Bertz CT molecular complexity index is 1640. The van der Waals surface area contributed by atoms with E-state index in [4.69, 9.17) is 27.7 Å². The number of allylic oxidation sites excluding steroid dienone is 1. The van der Waals surface area contributed by atoms with Crippen LogP contribution in [0.1, 0.15) is 66.1 Å². The molecule has 2 saturated carbocycles. The van der Waals surface area contributed by atoms with E-state index in [0.29, 0.717) is 31.9 Å². The number of rotatable bonds is 5. The van der Waals surface area contributed by atoms with E-state index in [9.17, 15) is 14.3 Å². The molecule has 4 heterocycles. The zero-order chi connectivity index (χ0) is 26.9. The van der Waals surface area contributed by atoms with Gasteiger partial charge in [0.25, 0.3) is 0 Å². The van der Waals surface area contributed by atoms with E-state index in [1.54, 1.807) is 12.4 Å². The minimum atomic E-state index is -1.14. The van der Waals surface area contributed by atoms with Crippen molar-refractivity contribution in [3.63, 3.8) is 0 Å². The number of aromatic carboxylic acids is 1. The van der Waals surface area contributed by atoms with Crippen molar-refractivity contribution in [2.75, 3.05) is 18.0 Å². The van der Waals surface area contributed by atoms with Gasteiger partial charge in [-0.3, -0.25) is 4.98 Å². The summed E-state index contributed by atoms with van der Waals surface area (Å²) >= 11 is 14.3. The maximum atomic E-state index is 14.5. The fourth-order valence-corrected chi connectivity index (χ4v) is 7.50. The Morgan fingerprint density at radius 3 is 2.56 bits per heavy atom. The molecule has 1 aliphatic heterocycles. The SMILES string of the molecule is O=C(O)c1cc(F)c2nc(N3CCC4(CC3)CC(=Cc3c(-c5c(Cl)cncc5Cl)noc3C3CC3)C4)sc2c1. The molecular weight excluding hydrogens is 562 g/mol. The molecule has 3 aromatic heterocycles. The Balaban J connectivity index is 1.09. The number of carboxylic acids is 1. The lowest BCUT2D eigenvalue weighted by molar-refractivity contribution is 0.0696. The van der Waals surface area contributed by atoms with Crippen LogP contribution in [0.5, 0.6) is 0 Å². The molecule has 1 spiro atoms. The molecule has 3 fully saturated rings. The number of carbonyl (C=O) groups is 1. The average Bonchev–Trinajstić information content (AvgIpc) is 3.51. The fourth-order valence-electron chi connectivity index (χ4n) is 5.89. The van der Waals surface area contributed by atoms with Crippen LogP contribution in [0.3, 0.4) is 0 Å². The number of aromatic nitrogens is 3. The molecular formula is C28H23Cl2FN4O3S. The second kappa shape index (κ2) is 9.28. The van der Waals surface area contributed by atoms with E-state index in [-0.39, 0.29) is 16.5 Å². The zero-order valence-corrected chi connectivity index (χ0v) is 23.0. The predicted molar refractivity (Wildman–Crippen MR) is 149 cm³/mol. The van der Waals surface area contributed by atoms with Crippen LogP contribution < -0.4 is 4.90 Å². The van der Waals surface area contributed by atoms with Crippen LogP contribution in [0.4, 0.5) is 9.52 Å². The number of piperidine rings is 1. The Hall–Kier alpha value is -3.01. The van der Waals surface area contributed by atoms with Crippen molar-refractivity contribution in [2.24, 2.45) is 5.41 Å². The molecule has 4 aromatic rings. The van der Waals surface area contributed by atoms with Crippen LogP contribution >= 0.6 is 34.5 Å². The smallest absolute Gasteiger partial charge is 0.335 e. The first-order valence-electron chi connectivity index (χ1n) is 12.9. The highest BCUT2D eigenvalue weighted by atomic mass is 35.5. The van der Waals surface area contributed by atoms with E-state index in [2.05, 4.69) is 26.1 Å². The molecule has 7 nitrogen and oxygen atoms in total. The molecule has 0 radical (unpaired) electrons. The molecule has 0 unspecified atom stereocenters. The second-order valence-corrected chi connectivity index (χ2v) is 12.6. The summed E-state index contributed by atoms with van der Waals surface area (Å²) in [4.78, 5) is 22.1. The zero-order valence-electron chi connectivity index (χ0n) is 20.7. The van der Waals surface area contributed by atoms with Gasteiger partial charge in [-0.15, -0.1) is 0 Å². The van der Waals surface area contributed by atoms with Gasteiger partial charge in [0.1, 0.15) is 17.0 Å². The molecule has 0 amide bonds. The first kappa shape index (κ1) is 25.0. The minimum absolute atomic E-state index is 0.0594. The summed E-state index contributed by atoms with van der Waals surface area (Å²) in [7, 11) is 0. The third-order valence-corrected chi connectivity index (χ3v) is 9.76. The molecule has 1 saturated heterocycles. The minimum Gasteiger partial charge on any atom is -0.478 e. The van der Waals surface area contributed by atoms with Crippen LogP contribution in [-0.4, -0.2) is 39.3 Å². The highest BCUT2D eigenvalue weighted by Gasteiger charge is 2.44. The normalized spacial score (nSPS) is 18.5. The quantitative estimate of drug-likeness (QED) is 0.255.